The standard InChI is InChI=1S/C16H13F4N/c17-14-5-2-10(8-13(14)16(18,19)20)9-1-4-12-11(7-9)3-6-15(12)21/h1-2,4-5,7-8,15H,3,6,21H2. The first-order valence-corrected chi connectivity index (χ1v) is 6.62. The highest BCUT2D eigenvalue weighted by Crippen LogP contribution is 2.36. The number of hydrogen-bond acceptors (Lipinski definition) is 1. The van der Waals surface area contributed by atoms with Crippen LogP contribution in [0.3, 0.4) is 0 Å². The second-order valence-corrected chi connectivity index (χ2v) is 5.25. The van der Waals surface area contributed by atoms with Gasteiger partial charge in [-0.15, -0.1) is 0 Å². The molecule has 1 aliphatic carbocycles. The van der Waals surface area contributed by atoms with Gasteiger partial charge in [0, 0.05) is 6.04 Å². The highest BCUT2D eigenvalue weighted by atomic mass is 19.4. The minimum absolute atomic E-state index is 0.00648. The van der Waals surface area contributed by atoms with Crippen LogP contribution in [0.2, 0.25) is 0 Å². The van der Waals surface area contributed by atoms with Gasteiger partial charge >= 0.3 is 6.18 Å². The lowest BCUT2D eigenvalue weighted by atomic mass is 9.98. The lowest BCUT2D eigenvalue weighted by Crippen LogP contribution is -2.08. The van der Waals surface area contributed by atoms with E-state index in [1.165, 1.54) is 6.07 Å². The van der Waals surface area contributed by atoms with E-state index in [1.807, 2.05) is 12.1 Å². The van der Waals surface area contributed by atoms with Crippen LogP contribution in [0.15, 0.2) is 36.4 Å². The lowest BCUT2D eigenvalue weighted by Gasteiger charge is -2.11. The number of halogens is 4. The second-order valence-electron chi connectivity index (χ2n) is 5.25. The van der Waals surface area contributed by atoms with Crippen molar-refractivity contribution in [1.82, 2.24) is 0 Å². The number of aryl methyl sites for hydroxylation is 1. The molecular formula is C16H13F4N. The van der Waals surface area contributed by atoms with E-state index >= 15 is 0 Å². The Bertz CT molecular complexity index is 691. The number of alkyl halides is 3. The van der Waals surface area contributed by atoms with Gasteiger partial charge in [-0.1, -0.05) is 24.3 Å². The number of benzene rings is 2. The molecule has 0 saturated carbocycles. The molecule has 2 N–H and O–H groups in total. The summed E-state index contributed by atoms with van der Waals surface area (Å²) in [6.07, 6.45) is -3.03. The van der Waals surface area contributed by atoms with E-state index in [2.05, 4.69) is 0 Å². The van der Waals surface area contributed by atoms with Crippen molar-refractivity contribution in [2.75, 3.05) is 0 Å². The van der Waals surface area contributed by atoms with E-state index in [0.717, 1.165) is 36.1 Å². The van der Waals surface area contributed by atoms with Crippen LogP contribution >= 0.6 is 0 Å². The van der Waals surface area contributed by atoms with Gasteiger partial charge in [-0.2, -0.15) is 13.2 Å². The molecule has 1 aliphatic rings. The van der Waals surface area contributed by atoms with Gasteiger partial charge in [0.05, 0.1) is 5.56 Å². The summed E-state index contributed by atoms with van der Waals surface area (Å²) in [7, 11) is 0. The van der Waals surface area contributed by atoms with Gasteiger partial charge in [-0.25, -0.2) is 4.39 Å². The third-order valence-electron chi connectivity index (χ3n) is 3.87. The molecule has 110 valence electrons. The van der Waals surface area contributed by atoms with Crippen molar-refractivity contribution >= 4 is 0 Å². The van der Waals surface area contributed by atoms with E-state index in [4.69, 9.17) is 5.73 Å². The molecule has 1 nitrogen and oxygen atoms in total. The van der Waals surface area contributed by atoms with Gasteiger partial charge in [-0.3, -0.25) is 0 Å². The Hall–Kier alpha value is -1.88. The van der Waals surface area contributed by atoms with Crippen molar-refractivity contribution in [2.24, 2.45) is 5.73 Å². The molecule has 1 atom stereocenters. The smallest absolute Gasteiger partial charge is 0.324 e. The first-order chi connectivity index (χ1) is 9.86. The minimum Gasteiger partial charge on any atom is -0.324 e. The predicted molar refractivity (Wildman–Crippen MR) is 72.1 cm³/mol. The zero-order valence-corrected chi connectivity index (χ0v) is 11.0. The van der Waals surface area contributed by atoms with Crippen molar-refractivity contribution in [1.29, 1.82) is 0 Å². The number of fused-ring (bicyclic) bond motifs is 1. The average Bonchev–Trinajstić information content (AvgIpc) is 2.79. The van der Waals surface area contributed by atoms with Crippen LogP contribution in [-0.4, -0.2) is 0 Å². The Balaban J connectivity index is 2.06. The van der Waals surface area contributed by atoms with Gasteiger partial charge in [0.2, 0.25) is 0 Å². The molecule has 3 rings (SSSR count). The van der Waals surface area contributed by atoms with Crippen LogP contribution in [-0.2, 0) is 12.6 Å². The predicted octanol–water partition coefficient (Wildman–Crippen LogP) is 4.46. The summed E-state index contributed by atoms with van der Waals surface area (Å²) in [5.74, 6) is -1.26. The molecular weight excluding hydrogens is 282 g/mol. The third kappa shape index (κ3) is 2.53. The van der Waals surface area contributed by atoms with E-state index < -0.39 is 17.6 Å². The molecule has 1 unspecified atom stereocenters. The molecule has 0 heterocycles. The Morgan fingerprint density at radius 2 is 1.67 bits per heavy atom. The number of hydrogen-bond donors (Lipinski definition) is 1. The summed E-state index contributed by atoms with van der Waals surface area (Å²) >= 11 is 0. The van der Waals surface area contributed by atoms with E-state index in [0.29, 0.717) is 11.1 Å². The van der Waals surface area contributed by atoms with Crippen molar-refractivity contribution in [3.8, 4) is 11.1 Å². The average molecular weight is 295 g/mol. The van der Waals surface area contributed by atoms with Crippen molar-refractivity contribution < 1.29 is 17.6 Å². The molecule has 2 aromatic carbocycles. The maximum atomic E-state index is 13.3. The van der Waals surface area contributed by atoms with Gasteiger partial charge in [0.15, 0.2) is 0 Å². The SMILES string of the molecule is NC1CCc2cc(-c3ccc(F)c(C(F)(F)F)c3)ccc21. The van der Waals surface area contributed by atoms with Crippen molar-refractivity contribution in [3.05, 3.63) is 58.9 Å². The Morgan fingerprint density at radius 1 is 1.00 bits per heavy atom. The number of rotatable bonds is 1. The summed E-state index contributed by atoms with van der Waals surface area (Å²) in [6.45, 7) is 0. The van der Waals surface area contributed by atoms with Gasteiger partial charge < -0.3 is 5.73 Å². The highest BCUT2D eigenvalue weighted by molar-refractivity contribution is 5.66. The Kier molecular flexibility index (Phi) is 3.24. The molecule has 5 heteroatoms. The highest BCUT2D eigenvalue weighted by Gasteiger charge is 2.34. The van der Waals surface area contributed by atoms with Crippen LogP contribution in [0.1, 0.15) is 29.2 Å². The molecule has 0 spiro atoms. The zero-order valence-electron chi connectivity index (χ0n) is 11.0. The first-order valence-electron chi connectivity index (χ1n) is 6.62. The first kappa shape index (κ1) is 14.1. The third-order valence-corrected chi connectivity index (χ3v) is 3.87. The molecule has 2 aromatic rings. The molecule has 0 bridgehead atoms. The fourth-order valence-corrected chi connectivity index (χ4v) is 2.75. The Morgan fingerprint density at radius 3 is 2.38 bits per heavy atom. The molecule has 21 heavy (non-hydrogen) atoms. The number of nitrogens with two attached hydrogens (primary N) is 1. The normalized spacial score (nSPS) is 17.9. The molecule has 0 saturated heterocycles. The lowest BCUT2D eigenvalue weighted by molar-refractivity contribution is -0.139. The van der Waals surface area contributed by atoms with Crippen molar-refractivity contribution in [3.63, 3.8) is 0 Å². The van der Waals surface area contributed by atoms with E-state index in [9.17, 15) is 17.6 Å². The van der Waals surface area contributed by atoms with Crippen LogP contribution in [0.5, 0.6) is 0 Å². The van der Waals surface area contributed by atoms with Crippen molar-refractivity contribution in [2.45, 2.75) is 25.1 Å². The molecule has 0 amide bonds. The second kappa shape index (κ2) is 4.84. The topological polar surface area (TPSA) is 26.0 Å². The van der Waals surface area contributed by atoms with Gasteiger partial charge in [-0.05, 0) is 47.2 Å². The maximum Gasteiger partial charge on any atom is 0.419 e. The zero-order chi connectivity index (χ0) is 15.2. The summed E-state index contributed by atoms with van der Waals surface area (Å²) in [4.78, 5) is 0. The van der Waals surface area contributed by atoms with E-state index in [1.54, 1.807) is 6.07 Å². The Labute approximate surface area is 119 Å². The van der Waals surface area contributed by atoms with E-state index in [-0.39, 0.29) is 6.04 Å². The minimum atomic E-state index is -4.70. The molecule has 0 aromatic heterocycles. The maximum absolute atomic E-state index is 13.3. The molecule has 0 radical (unpaired) electrons. The quantitative estimate of drug-likeness (QED) is 0.772. The van der Waals surface area contributed by atoms with Gasteiger partial charge in [0.1, 0.15) is 5.82 Å². The summed E-state index contributed by atoms with van der Waals surface area (Å²) in [6, 6.07) is 8.49. The van der Waals surface area contributed by atoms with Crippen LogP contribution < -0.4 is 5.73 Å². The van der Waals surface area contributed by atoms with Crippen LogP contribution in [0, 0.1) is 5.82 Å². The molecule has 0 fully saturated rings. The molecule has 0 aliphatic heterocycles. The van der Waals surface area contributed by atoms with Crippen LogP contribution in [0.25, 0.3) is 11.1 Å². The summed E-state index contributed by atoms with van der Waals surface area (Å²) in [5, 5.41) is 0. The fraction of sp³-hybridized carbons (Fsp3) is 0.250. The monoisotopic (exact) mass is 295 g/mol. The van der Waals surface area contributed by atoms with Crippen LogP contribution in [0.4, 0.5) is 17.6 Å². The summed E-state index contributed by atoms with van der Waals surface area (Å²) in [5.41, 5.74) is 7.79. The largest absolute Gasteiger partial charge is 0.419 e. The summed E-state index contributed by atoms with van der Waals surface area (Å²) < 4.78 is 51.6. The van der Waals surface area contributed by atoms with Gasteiger partial charge in [0.25, 0.3) is 0 Å². The fourth-order valence-electron chi connectivity index (χ4n) is 2.75.